The molecule has 2 N–H and O–H groups in total. The Bertz CT molecular complexity index is 571. The normalized spacial score (nSPS) is 24.1. The SMILES string of the molecule is Cc1cc(C(=O)N2CCCC(NC(=O)C3CCCNC3)C2)on1.Cl. The predicted molar refractivity (Wildman–Crippen MR) is 91.1 cm³/mol. The largest absolute Gasteiger partial charge is 0.351 e. The highest BCUT2D eigenvalue weighted by molar-refractivity contribution is 5.91. The van der Waals surface area contributed by atoms with Gasteiger partial charge in [0.2, 0.25) is 11.7 Å². The second-order valence-corrected chi connectivity index (χ2v) is 6.47. The van der Waals surface area contributed by atoms with E-state index in [1.165, 1.54) is 0 Å². The average molecular weight is 357 g/mol. The fourth-order valence-electron chi connectivity index (χ4n) is 3.29. The number of aryl methyl sites for hydroxylation is 1. The number of carbonyl (C=O) groups is 2. The number of likely N-dealkylation sites (tertiary alicyclic amines) is 1. The van der Waals surface area contributed by atoms with Gasteiger partial charge in [-0.1, -0.05) is 5.16 Å². The standard InChI is InChI=1S/C16H24N4O3.ClH/c1-11-8-14(23-19-11)16(22)20-7-3-5-13(10-20)18-15(21)12-4-2-6-17-9-12;/h8,12-13,17H,2-7,9-10H2,1H3,(H,18,21);1H. The van der Waals surface area contributed by atoms with Crippen LogP contribution in [0.1, 0.15) is 41.9 Å². The van der Waals surface area contributed by atoms with Gasteiger partial charge < -0.3 is 20.1 Å². The van der Waals surface area contributed by atoms with Crippen molar-refractivity contribution in [1.29, 1.82) is 0 Å². The Morgan fingerprint density at radius 1 is 1.38 bits per heavy atom. The summed E-state index contributed by atoms with van der Waals surface area (Å²) in [5, 5.41) is 10.1. The zero-order valence-electron chi connectivity index (χ0n) is 13.9. The molecule has 2 aliphatic heterocycles. The maximum atomic E-state index is 12.4. The molecule has 2 atom stereocenters. The molecule has 2 unspecified atom stereocenters. The summed E-state index contributed by atoms with van der Waals surface area (Å²) in [5.41, 5.74) is 0.694. The Morgan fingerprint density at radius 3 is 2.88 bits per heavy atom. The molecule has 3 rings (SSSR count). The number of carbonyl (C=O) groups excluding carboxylic acids is 2. The van der Waals surface area contributed by atoms with Gasteiger partial charge in [0.25, 0.3) is 5.91 Å². The Hall–Kier alpha value is -1.60. The summed E-state index contributed by atoms with van der Waals surface area (Å²) in [4.78, 5) is 26.5. The molecule has 8 heteroatoms. The van der Waals surface area contributed by atoms with Crippen LogP contribution in [0.15, 0.2) is 10.6 Å². The molecule has 2 amide bonds. The number of nitrogens with one attached hydrogen (secondary N) is 2. The Labute approximate surface area is 147 Å². The Balaban J connectivity index is 0.00000208. The molecule has 0 spiro atoms. The van der Waals surface area contributed by atoms with E-state index in [1.54, 1.807) is 17.9 Å². The first-order valence-corrected chi connectivity index (χ1v) is 8.37. The minimum atomic E-state index is -0.149. The van der Waals surface area contributed by atoms with Crippen molar-refractivity contribution in [2.24, 2.45) is 5.92 Å². The average Bonchev–Trinajstić information content (AvgIpc) is 3.01. The minimum Gasteiger partial charge on any atom is -0.351 e. The van der Waals surface area contributed by atoms with Crippen molar-refractivity contribution in [3.8, 4) is 0 Å². The molecule has 2 saturated heterocycles. The molecule has 24 heavy (non-hydrogen) atoms. The first-order chi connectivity index (χ1) is 11.1. The monoisotopic (exact) mass is 356 g/mol. The first-order valence-electron chi connectivity index (χ1n) is 8.37. The molecule has 0 aliphatic carbocycles. The molecule has 134 valence electrons. The van der Waals surface area contributed by atoms with Gasteiger partial charge in [-0.3, -0.25) is 9.59 Å². The van der Waals surface area contributed by atoms with Crippen LogP contribution < -0.4 is 10.6 Å². The highest BCUT2D eigenvalue weighted by Crippen LogP contribution is 2.16. The van der Waals surface area contributed by atoms with Gasteiger partial charge in [0.15, 0.2) is 0 Å². The van der Waals surface area contributed by atoms with Crippen LogP contribution in [-0.2, 0) is 4.79 Å². The van der Waals surface area contributed by atoms with E-state index in [4.69, 9.17) is 4.52 Å². The van der Waals surface area contributed by atoms with E-state index in [0.717, 1.165) is 38.8 Å². The zero-order chi connectivity index (χ0) is 16.2. The third-order valence-corrected chi connectivity index (χ3v) is 4.56. The molecular weight excluding hydrogens is 332 g/mol. The Kier molecular flexibility index (Phi) is 6.62. The second-order valence-electron chi connectivity index (χ2n) is 6.47. The van der Waals surface area contributed by atoms with E-state index in [9.17, 15) is 9.59 Å². The van der Waals surface area contributed by atoms with Gasteiger partial charge in [-0.05, 0) is 39.2 Å². The van der Waals surface area contributed by atoms with Crippen molar-refractivity contribution < 1.29 is 14.1 Å². The van der Waals surface area contributed by atoms with Crippen LogP contribution in [0.2, 0.25) is 0 Å². The number of hydrogen-bond acceptors (Lipinski definition) is 5. The third-order valence-electron chi connectivity index (χ3n) is 4.56. The van der Waals surface area contributed by atoms with Crippen LogP contribution in [0, 0.1) is 12.8 Å². The topological polar surface area (TPSA) is 87.5 Å². The highest BCUT2D eigenvalue weighted by atomic mass is 35.5. The van der Waals surface area contributed by atoms with E-state index in [-0.39, 0.29) is 41.9 Å². The molecule has 1 aromatic rings. The number of hydrogen-bond donors (Lipinski definition) is 2. The van der Waals surface area contributed by atoms with Crippen molar-refractivity contribution in [3.05, 3.63) is 17.5 Å². The molecule has 3 heterocycles. The molecule has 0 aromatic carbocycles. The van der Waals surface area contributed by atoms with E-state index >= 15 is 0 Å². The molecule has 7 nitrogen and oxygen atoms in total. The van der Waals surface area contributed by atoms with Crippen LogP contribution in [0.3, 0.4) is 0 Å². The maximum Gasteiger partial charge on any atom is 0.292 e. The third kappa shape index (κ3) is 4.48. The van der Waals surface area contributed by atoms with Gasteiger partial charge in [-0.2, -0.15) is 0 Å². The molecule has 0 radical (unpaired) electrons. The summed E-state index contributed by atoms with van der Waals surface area (Å²) in [5.74, 6) is 0.272. The molecule has 0 bridgehead atoms. The lowest BCUT2D eigenvalue weighted by atomic mass is 9.97. The fourth-order valence-corrected chi connectivity index (χ4v) is 3.29. The number of aromatic nitrogens is 1. The van der Waals surface area contributed by atoms with Gasteiger partial charge >= 0.3 is 0 Å². The minimum absolute atomic E-state index is 0. The molecule has 1 aromatic heterocycles. The summed E-state index contributed by atoms with van der Waals surface area (Å²) < 4.78 is 5.05. The molecule has 0 saturated carbocycles. The summed E-state index contributed by atoms with van der Waals surface area (Å²) in [6.07, 6.45) is 3.77. The smallest absolute Gasteiger partial charge is 0.292 e. The van der Waals surface area contributed by atoms with Crippen LogP contribution in [0.5, 0.6) is 0 Å². The maximum absolute atomic E-state index is 12.4. The van der Waals surface area contributed by atoms with E-state index in [0.29, 0.717) is 18.8 Å². The van der Waals surface area contributed by atoms with Crippen molar-refractivity contribution in [3.63, 3.8) is 0 Å². The van der Waals surface area contributed by atoms with Crippen LogP contribution >= 0.6 is 12.4 Å². The fraction of sp³-hybridized carbons (Fsp3) is 0.688. The second kappa shape index (κ2) is 8.48. The summed E-state index contributed by atoms with van der Waals surface area (Å²) in [7, 11) is 0. The number of halogens is 1. The quantitative estimate of drug-likeness (QED) is 0.847. The van der Waals surface area contributed by atoms with Gasteiger partial charge in [-0.15, -0.1) is 12.4 Å². The van der Waals surface area contributed by atoms with Crippen molar-refractivity contribution in [1.82, 2.24) is 20.7 Å². The Morgan fingerprint density at radius 2 is 2.21 bits per heavy atom. The van der Waals surface area contributed by atoms with E-state index in [1.807, 2.05) is 0 Å². The lowest BCUT2D eigenvalue weighted by Crippen LogP contribution is -2.52. The molecule has 2 aliphatic rings. The van der Waals surface area contributed by atoms with E-state index in [2.05, 4.69) is 15.8 Å². The van der Waals surface area contributed by atoms with Gasteiger partial charge in [0.05, 0.1) is 11.6 Å². The van der Waals surface area contributed by atoms with Crippen molar-refractivity contribution in [2.45, 2.75) is 38.6 Å². The zero-order valence-corrected chi connectivity index (χ0v) is 14.7. The predicted octanol–water partition coefficient (Wildman–Crippen LogP) is 1.13. The van der Waals surface area contributed by atoms with Gasteiger partial charge in [0.1, 0.15) is 0 Å². The molecular formula is C16H25ClN4O3. The highest BCUT2D eigenvalue weighted by Gasteiger charge is 2.29. The number of piperidine rings is 2. The van der Waals surface area contributed by atoms with Crippen LogP contribution in [-0.4, -0.2) is 54.1 Å². The number of rotatable bonds is 3. The lowest BCUT2D eigenvalue weighted by molar-refractivity contribution is -0.126. The van der Waals surface area contributed by atoms with Crippen LogP contribution in [0.4, 0.5) is 0 Å². The lowest BCUT2D eigenvalue weighted by Gasteiger charge is -2.33. The number of amides is 2. The van der Waals surface area contributed by atoms with Crippen LogP contribution in [0.25, 0.3) is 0 Å². The van der Waals surface area contributed by atoms with Gasteiger partial charge in [-0.25, -0.2) is 0 Å². The summed E-state index contributed by atoms with van der Waals surface area (Å²) in [6.45, 7) is 4.75. The first kappa shape index (κ1) is 18.7. The van der Waals surface area contributed by atoms with Gasteiger partial charge in [0, 0.05) is 31.7 Å². The number of nitrogens with zero attached hydrogens (tertiary/aromatic N) is 2. The summed E-state index contributed by atoms with van der Waals surface area (Å²) in [6, 6.07) is 1.67. The van der Waals surface area contributed by atoms with Crippen molar-refractivity contribution >= 4 is 24.2 Å². The molecule has 2 fully saturated rings. The summed E-state index contributed by atoms with van der Waals surface area (Å²) >= 11 is 0. The van der Waals surface area contributed by atoms with Crippen molar-refractivity contribution in [2.75, 3.05) is 26.2 Å². The van der Waals surface area contributed by atoms with E-state index < -0.39 is 0 Å².